The van der Waals surface area contributed by atoms with Crippen LogP contribution in [0.3, 0.4) is 0 Å². The minimum absolute atomic E-state index is 0.0258. The van der Waals surface area contributed by atoms with Gasteiger partial charge in [-0.05, 0) is 70.6 Å². The van der Waals surface area contributed by atoms with Crippen molar-refractivity contribution in [3.63, 3.8) is 0 Å². The topological polar surface area (TPSA) is 47.6 Å². The van der Waals surface area contributed by atoms with Crippen LogP contribution in [0.5, 0.6) is 11.5 Å². The number of rotatable bonds is 7. The van der Waals surface area contributed by atoms with Crippen LogP contribution in [-0.4, -0.2) is 18.6 Å². The Bertz CT molecular complexity index is 764. The van der Waals surface area contributed by atoms with E-state index in [9.17, 15) is 4.79 Å². The molecule has 2 aromatic carbocycles. The summed E-state index contributed by atoms with van der Waals surface area (Å²) in [5.74, 6) is 1.32. The monoisotopic (exact) mass is 433 g/mol. The molecule has 27 heavy (non-hydrogen) atoms. The van der Waals surface area contributed by atoms with Crippen LogP contribution < -0.4 is 14.8 Å². The number of amides is 1. The van der Waals surface area contributed by atoms with E-state index >= 15 is 0 Å². The quantitative estimate of drug-likeness (QED) is 0.649. The lowest BCUT2D eigenvalue weighted by atomic mass is 9.87. The minimum Gasteiger partial charge on any atom is -0.491 e. The molecule has 0 saturated carbocycles. The number of hydrogen-bond acceptors (Lipinski definition) is 3. The third-order valence-corrected chi connectivity index (χ3v) is 4.56. The summed E-state index contributed by atoms with van der Waals surface area (Å²) in [7, 11) is 0. The average Bonchev–Trinajstić information content (AvgIpc) is 2.58. The highest BCUT2D eigenvalue weighted by atomic mass is 79.9. The van der Waals surface area contributed by atoms with Crippen LogP contribution in [0.15, 0.2) is 46.9 Å². The van der Waals surface area contributed by atoms with Crippen molar-refractivity contribution < 1.29 is 14.3 Å². The van der Waals surface area contributed by atoms with E-state index in [1.807, 2.05) is 56.3 Å². The molecule has 146 valence electrons. The lowest BCUT2D eigenvalue weighted by molar-refractivity contribution is -0.123. The van der Waals surface area contributed by atoms with Gasteiger partial charge in [0.2, 0.25) is 0 Å². The lowest BCUT2D eigenvalue weighted by Crippen LogP contribution is -2.28. The fraction of sp³-hybridized carbons (Fsp3) is 0.409. The number of benzene rings is 2. The largest absolute Gasteiger partial charge is 0.491 e. The van der Waals surface area contributed by atoms with E-state index in [2.05, 4.69) is 42.0 Å². The molecule has 4 nitrogen and oxygen atoms in total. The molecule has 0 saturated heterocycles. The summed E-state index contributed by atoms with van der Waals surface area (Å²) in [6, 6.07) is 13.7. The summed E-state index contributed by atoms with van der Waals surface area (Å²) in [5, 5.41) is 2.86. The van der Waals surface area contributed by atoms with E-state index in [0.29, 0.717) is 12.3 Å². The molecule has 0 spiro atoms. The summed E-state index contributed by atoms with van der Waals surface area (Å²) < 4.78 is 12.1. The molecule has 0 atom stereocenters. The van der Waals surface area contributed by atoms with Crippen molar-refractivity contribution in [2.24, 2.45) is 0 Å². The van der Waals surface area contributed by atoms with E-state index in [-0.39, 0.29) is 24.0 Å². The predicted octanol–water partition coefficient (Wildman–Crippen LogP) is 5.23. The van der Waals surface area contributed by atoms with Crippen molar-refractivity contribution in [3.8, 4) is 11.5 Å². The Kier molecular flexibility index (Phi) is 7.31. The highest BCUT2D eigenvalue weighted by Gasteiger charge is 2.15. The fourth-order valence-corrected chi connectivity index (χ4v) is 2.93. The predicted molar refractivity (Wildman–Crippen MR) is 112 cm³/mol. The van der Waals surface area contributed by atoms with Gasteiger partial charge in [-0.15, -0.1) is 0 Å². The molecule has 5 heteroatoms. The summed E-state index contributed by atoms with van der Waals surface area (Å²) in [4.78, 5) is 12.1. The first-order chi connectivity index (χ1) is 12.6. The molecule has 0 aliphatic carbocycles. The second kappa shape index (κ2) is 9.27. The molecule has 0 aliphatic heterocycles. The number of carbonyl (C=O) groups excluding carboxylic acids is 1. The van der Waals surface area contributed by atoms with E-state index in [1.165, 1.54) is 5.56 Å². The van der Waals surface area contributed by atoms with E-state index in [0.717, 1.165) is 15.8 Å². The van der Waals surface area contributed by atoms with Crippen LogP contribution in [-0.2, 0) is 16.8 Å². The first kappa shape index (κ1) is 21.3. The molecule has 2 aromatic rings. The molecule has 1 N–H and O–H groups in total. The third-order valence-electron chi connectivity index (χ3n) is 3.94. The highest BCUT2D eigenvalue weighted by Crippen LogP contribution is 2.31. The Morgan fingerprint density at radius 3 is 2.33 bits per heavy atom. The molecule has 0 bridgehead atoms. The molecule has 2 rings (SSSR count). The Balaban J connectivity index is 1.82. The Morgan fingerprint density at radius 2 is 1.78 bits per heavy atom. The van der Waals surface area contributed by atoms with Gasteiger partial charge in [-0.3, -0.25) is 4.79 Å². The number of nitrogens with one attached hydrogen (secondary N) is 1. The van der Waals surface area contributed by atoms with Gasteiger partial charge in [0.15, 0.2) is 6.61 Å². The molecule has 0 heterocycles. The van der Waals surface area contributed by atoms with Crippen molar-refractivity contribution >= 4 is 21.8 Å². The van der Waals surface area contributed by atoms with Gasteiger partial charge in [0.1, 0.15) is 11.5 Å². The molecule has 0 aliphatic rings. The van der Waals surface area contributed by atoms with E-state index in [1.54, 1.807) is 0 Å². The van der Waals surface area contributed by atoms with Crippen molar-refractivity contribution in [2.75, 3.05) is 6.61 Å². The fourth-order valence-electron chi connectivity index (χ4n) is 2.44. The Hall–Kier alpha value is -2.01. The van der Waals surface area contributed by atoms with Crippen LogP contribution in [0.4, 0.5) is 0 Å². The average molecular weight is 434 g/mol. The zero-order chi connectivity index (χ0) is 20.0. The van der Waals surface area contributed by atoms with Crippen molar-refractivity contribution in [1.82, 2.24) is 5.32 Å². The van der Waals surface area contributed by atoms with Crippen LogP contribution in [0, 0.1) is 0 Å². The third kappa shape index (κ3) is 6.90. The number of halogens is 1. The second-order valence-electron chi connectivity index (χ2n) is 7.77. The maximum Gasteiger partial charge on any atom is 0.258 e. The standard InChI is InChI=1S/C22H28BrNO3/c1-15(2)27-18-9-6-16(7-10-18)13-24-21(25)14-26-20-11-8-17(12-19(20)23)22(3,4)5/h6-12,15H,13-14H2,1-5H3,(H,24,25). The van der Waals surface area contributed by atoms with Gasteiger partial charge in [0.25, 0.3) is 5.91 Å². The zero-order valence-electron chi connectivity index (χ0n) is 16.6. The Labute approximate surface area is 170 Å². The molecule has 0 radical (unpaired) electrons. The summed E-state index contributed by atoms with van der Waals surface area (Å²) in [6.07, 6.45) is 0.143. The van der Waals surface area contributed by atoms with Crippen LogP contribution in [0.2, 0.25) is 0 Å². The van der Waals surface area contributed by atoms with Gasteiger partial charge in [0, 0.05) is 6.54 Å². The normalized spacial score (nSPS) is 11.4. The van der Waals surface area contributed by atoms with Crippen molar-refractivity contribution in [1.29, 1.82) is 0 Å². The SMILES string of the molecule is CC(C)Oc1ccc(CNC(=O)COc2ccc(C(C)(C)C)cc2Br)cc1. The van der Waals surface area contributed by atoms with Crippen molar-refractivity contribution in [2.45, 2.75) is 52.7 Å². The molecule has 0 fully saturated rings. The Morgan fingerprint density at radius 1 is 1.11 bits per heavy atom. The van der Waals surface area contributed by atoms with Gasteiger partial charge in [0.05, 0.1) is 10.6 Å². The molecular weight excluding hydrogens is 406 g/mol. The molecular formula is C22H28BrNO3. The number of hydrogen-bond donors (Lipinski definition) is 1. The maximum absolute atomic E-state index is 12.1. The van der Waals surface area contributed by atoms with Gasteiger partial charge in [-0.2, -0.15) is 0 Å². The maximum atomic E-state index is 12.1. The van der Waals surface area contributed by atoms with E-state index in [4.69, 9.17) is 9.47 Å². The van der Waals surface area contributed by atoms with Gasteiger partial charge in [-0.25, -0.2) is 0 Å². The molecule has 1 amide bonds. The van der Waals surface area contributed by atoms with Crippen molar-refractivity contribution in [3.05, 3.63) is 58.1 Å². The summed E-state index contributed by atoms with van der Waals surface area (Å²) >= 11 is 3.52. The zero-order valence-corrected chi connectivity index (χ0v) is 18.2. The highest BCUT2D eigenvalue weighted by molar-refractivity contribution is 9.10. The van der Waals surface area contributed by atoms with Gasteiger partial charge in [-0.1, -0.05) is 39.0 Å². The smallest absolute Gasteiger partial charge is 0.258 e. The molecule has 0 unspecified atom stereocenters. The van der Waals surface area contributed by atoms with Crippen LogP contribution in [0.1, 0.15) is 45.7 Å². The summed E-state index contributed by atoms with van der Waals surface area (Å²) in [6.45, 7) is 10.9. The van der Waals surface area contributed by atoms with Gasteiger partial charge >= 0.3 is 0 Å². The molecule has 0 aromatic heterocycles. The van der Waals surface area contributed by atoms with Crippen LogP contribution in [0.25, 0.3) is 0 Å². The number of carbonyl (C=O) groups is 1. The van der Waals surface area contributed by atoms with Gasteiger partial charge < -0.3 is 14.8 Å². The van der Waals surface area contributed by atoms with Crippen LogP contribution >= 0.6 is 15.9 Å². The van der Waals surface area contributed by atoms with E-state index < -0.39 is 0 Å². The second-order valence-corrected chi connectivity index (χ2v) is 8.63. The minimum atomic E-state index is -0.163. The lowest BCUT2D eigenvalue weighted by Gasteiger charge is -2.20. The first-order valence-corrected chi connectivity index (χ1v) is 9.89. The summed E-state index contributed by atoms with van der Waals surface area (Å²) in [5.41, 5.74) is 2.28. The number of ether oxygens (including phenoxy) is 2. The first-order valence-electron chi connectivity index (χ1n) is 9.10.